The fraction of sp³-hybridized carbons (Fsp3) is 0.211. The summed E-state index contributed by atoms with van der Waals surface area (Å²) in [5, 5.41) is 4.25. The Morgan fingerprint density at radius 3 is 2.50 bits per heavy atom. The van der Waals surface area contributed by atoms with Crippen molar-refractivity contribution in [2.45, 2.75) is 18.9 Å². The Hall–Kier alpha value is -2.55. The number of benzene rings is 2. The van der Waals surface area contributed by atoms with E-state index in [0.29, 0.717) is 0 Å². The van der Waals surface area contributed by atoms with Gasteiger partial charge in [-0.15, -0.1) is 0 Å². The molecule has 0 aromatic heterocycles. The molecule has 0 saturated heterocycles. The molecule has 0 bridgehead atoms. The molecular formula is C19H19NO2. The van der Waals surface area contributed by atoms with Crippen LogP contribution in [0.3, 0.4) is 0 Å². The van der Waals surface area contributed by atoms with Gasteiger partial charge in [-0.3, -0.25) is 0 Å². The van der Waals surface area contributed by atoms with Crippen molar-refractivity contribution in [3.8, 4) is 5.75 Å². The molecule has 0 spiro atoms. The summed E-state index contributed by atoms with van der Waals surface area (Å²) in [5.74, 6) is 0.843. The number of hydrogen-bond donors (Lipinski definition) is 0. The lowest BCUT2D eigenvalue weighted by atomic mass is 9.95. The van der Waals surface area contributed by atoms with Crippen LogP contribution in [0.2, 0.25) is 0 Å². The van der Waals surface area contributed by atoms with E-state index in [2.05, 4.69) is 29.4 Å². The van der Waals surface area contributed by atoms with Gasteiger partial charge in [0.2, 0.25) is 0 Å². The summed E-state index contributed by atoms with van der Waals surface area (Å²) in [6, 6.07) is 18.1. The van der Waals surface area contributed by atoms with Gasteiger partial charge in [-0.1, -0.05) is 41.6 Å². The number of methoxy groups -OCH3 is 1. The highest BCUT2D eigenvalue weighted by molar-refractivity contribution is 6.02. The van der Waals surface area contributed by atoms with Gasteiger partial charge in [-0.2, -0.15) is 0 Å². The lowest BCUT2D eigenvalue weighted by Gasteiger charge is -2.16. The van der Waals surface area contributed by atoms with Gasteiger partial charge in [-0.25, -0.2) is 0 Å². The van der Waals surface area contributed by atoms with Crippen molar-refractivity contribution >= 4 is 11.8 Å². The zero-order valence-corrected chi connectivity index (χ0v) is 12.8. The largest absolute Gasteiger partial charge is 0.497 e. The molecule has 1 aliphatic heterocycles. The summed E-state index contributed by atoms with van der Waals surface area (Å²) in [6.07, 6.45) is 4.90. The molecule has 1 atom stereocenters. The third kappa shape index (κ3) is 3.19. The van der Waals surface area contributed by atoms with Crippen molar-refractivity contribution in [2.24, 2.45) is 5.16 Å². The van der Waals surface area contributed by atoms with E-state index in [9.17, 15) is 0 Å². The first-order chi connectivity index (χ1) is 10.7. The second-order valence-corrected chi connectivity index (χ2v) is 5.59. The highest BCUT2D eigenvalue weighted by atomic mass is 16.7. The van der Waals surface area contributed by atoms with Gasteiger partial charge in [-0.05, 0) is 48.4 Å². The topological polar surface area (TPSA) is 30.8 Å². The zero-order valence-electron chi connectivity index (χ0n) is 12.8. The van der Waals surface area contributed by atoms with Crippen LogP contribution < -0.4 is 4.74 Å². The summed E-state index contributed by atoms with van der Waals surface area (Å²) in [5.41, 5.74) is 2.79. The number of hydrogen-bond acceptors (Lipinski definition) is 3. The SMILES string of the molecule is COc1ccc(C2=NOC(C)(/C=C/c3ccccc3)C2)cc1. The maximum atomic E-state index is 5.66. The molecule has 3 nitrogen and oxygen atoms in total. The second kappa shape index (κ2) is 6.06. The first-order valence-corrected chi connectivity index (χ1v) is 7.32. The van der Waals surface area contributed by atoms with Gasteiger partial charge < -0.3 is 9.57 Å². The van der Waals surface area contributed by atoms with E-state index in [1.807, 2.05) is 49.4 Å². The van der Waals surface area contributed by atoms with E-state index >= 15 is 0 Å². The molecule has 0 amide bonds. The van der Waals surface area contributed by atoms with Crippen LogP contribution in [0.15, 0.2) is 65.8 Å². The summed E-state index contributed by atoms with van der Waals surface area (Å²) in [6.45, 7) is 2.05. The minimum absolute atomic E-state index is 0.398. The average Bonchev–Trinajstić information content (AvgIpc) is 2.97. The fourth-order valence-electron chi connectivity index (χ4n) is 2.42. The first-order valence-electron chi connectivity index (χ1n) is 7.32. The highest BCUT2D eigenvalue weighted by Crippen LogP contribution is 2.29. The Bertz CT molecular complexity index is 689. The molecule has 0 radical (unpaired) electrons. The molecule has 1 aliphatic rings. The van der Waals surface area contributed by atoms with Crippen molar-refractivity contribution in [3.63, 3.8) is 0 Å². The predicted octanol–water partition coefficient (Wildman–Crippen LogP) is 4.29. The molecule has 0 saturated carbocycles. The lowest BCUT2D eigenvalue weighted by molar-refractivity contribution is 0.0369. The van der Waals surface area contributed by atoms with Crippen LogP contribution in [0.5, 0.6) is 5.75 Å². The van der Waals surface area contributed by atoms with E-state index in [-0.39, 0.29) is 0 Å². The fourth-order valence-corrected chi connectivity index (χ4v) is 2.42. The Labute approximate surface area is 130 Å². The lowest BCUT2D eigenvalue weighted by Crippen LogP contribution is -2.21. The smallest absolute Gasteiger partial charge is 0.159 e. The molecule has 1 unspecified atom stereocenters. The molecular weight excluding hydrogens is 274 g/mol. The van der Waals surface area contributed by atoms with Gasteiger partial charge in [0.25, 0.3) is 0 Å². The van der Waals surface area contributed by atoms with Gasteiger partial charge in [0.15, 0.2) is 5.60 Å². The Morgan fingerprint density at radius 2 is 1.82 bits per heavy atom. The summed E-state index contributed by atoms with van der Waals surface area (Å²) >= 11 is 0. The van der Waals surface area contributed by atoms with Crippen molar-refractivity contribution in [3.05, 3.63) is 71.8 Å². The van der Waals surface area contributed by atoms with E-state index in [1.54, 1.807) is 7.11 Å². The van der Waals surface area contributed by atoms with Gasteiger partial charge in [0, 0.05) is 6.42 Å². The quantitative estimate of drug-likeness (QED) is 0.842. The van der Waals surface area contributed by atoms with Crippen molar-refractivity contribution in [1.29, 1.82) is 0 Å². The Balaban J connectivity index is 1.70. The molecule has 0 fully saturated rings. The Morgan fingerprint density at radius 1 is 1.09 bits per heavy atom. The molecule has 3 heteroatoms. The maximum absolute atomic E-state index is 5.66. The van der Waals surface area contributed by atoms with Crippen LogP contribution in [0.1, 0.15) is 24.5 Å². The van der Waals surface area contributed by atoms with Crippen LogP contribution in [0.4, 0.5) is 0 Å². The van der Waals surface area contributed by atoms with Crippen LogP contribution in [0, 0.1) is 0 Å². The van der Waals surface area contributed by atoms with Crippen molar-refractivity contribution < 1.29 is 9.57 Å². The molecule has 2 aromatic rings. The van der Waals surface area contributed by atoms with E-state index in [1.165, 1.54) is 0 Å². The van der Waals surface area contributed by atoms with Gasteiger partial charge in [0.05, 0.1) is 12.8 Å². The molecule has 0 N–H and O–H groups in total. The maximum Gasteiger partial charge on any atom is 0.159 e. The third-order valence-corrected chi connectivity index (χ3v) is 3.73. The van der Waals surface area contributed by atoms with E-state index < -0.39 is 5.60 Å². The van der Waals surface area contributed by atoms with Crippen LogP contribution >= 0.6 is 0 Å². The minimum Gasteiger partial charge on any atom is -0.497 e. The van der Waals surface area contributed by atoms with Crippen LogP contribution in [-0.4, -0.2) is 18.4 Å². The predicted molar refractivity (Wildman–Crippen MR) is 89.1 cm³/mol. The normalized spacial score (nSPS) is 20.7. The average molecular weight is 293 g/mol. The zero-order chi connectivity index (χ0) is 15.4. The molecule has 3 rings (SSSR count). The van der Waals surface area contributed by atoms with Crippen molar-refractivity contribution in [1.82, 2.24) is 0 Å². The minimum atomic E-state index is -0.398. The van der Waals surface area contributed by atoms with Gasteiger partial charge >= 0.3 is 0 Å². The van der Waals surface area contributed by atoms with E-state index in [0.717, 1.165) is 29.0 Å². The molecule has 0 aliphatic carbocycles. The monoisotopic (exact) mass is 293 g/mol. The summed E-state index contributed by atoms with van der Waals surface area (Å²) in [7, 11) is 1.66. The standard InChI is InChI=1S/C19H19NO2/c1-19(13-12-15-6-4-3-5-7-15)14-18(20-22-19)16-8-10-17(21-2)11-9-16/h3-13H,14H2,1-2H3/b13-12+. The van der Waals surface area contributed by atoms with Crippen LogP contribution in [-0.2, 0) is 4.84 Å². The van der Waals surface area contributed by atoms with Crippen molar-refractivity contribution in [2.75, 3.05) is 7.11 Å². The molecule has 2 aromatic carbocycles. The molecule has 1 heterocycles. The summed E-state index contributed by atoms with van der Waals surface area (Å²) in [4.78, 5) is 5.66. The number of rotatable bonds is 4. The molecule has 22 heavy (non-hydrogen) atoms. The summed E-state index contributed by atoms with van der Waals surface area (Å²) < 4.78 is 5.18. The first kappa shape index (κ1) is 14.4. The van der Waals surface area contributed by atoms with Crippen LogP contribution in [0.25, 0.3) is 6.08 Å². The third-order valence-electron chi connectivity index (χ3n) is 3.73. The number of ether oxygens (including phenoxy) is 1. The molecule has 112 valence electrons. The van der Waals surface area contributed by atoms with E-state index in [4.69, 9.17) is 9.57 Å². The Kier molecular flexibility index (Phi) is 3.96. The number of nitrogens with zero attached hydrogens (tertiary/aromatic N) is 1. The number of oxime groups is 1. The van der Waals surface area contributed by atoms with Gasteiger partial charge in [0.1, 0.15) is 5.75 Å². The second-order valence-electron chi connectivity index (χ2n) is 5.59. The highest BCUT2D eigenvalue weighted by Gasteiger charge is 2.32.